The van der Waals surface area contributed by atoms with Crippen molar-refractivity contribution in [1.82, 2.24) is 0 Å². The molecular weight excluding hydrogens is 219 g/mol. The zero-order valence-electron chi connectivity index (χ0n) is 11.7. The van der Waals surface area contributed by atoms with Gasteiger partial charge in [-0.1, -0.05) is 38.7 Å². The average molecular weight is 242 g/mol. The van der Waals surface area contributed by atoms with E-state index in [1.807, 2.05) is 30.3 Å². The topological polar surface area (TPSA) is 37.3 Å². The fraction of sp³-hybridized carbons (Fsp3) is 0.467. The van der Waals surface area contributed by atoms with Gasteiger partial charge in [0.25, 0.3) is 0 Å². The third-order valence-corrected chi connectivity index (χ3v) is 2.34. The van der Waals surface area contributed by atoms with Gasteiger partial charge in [0.2, 0.25) is 0 Å². The van der Waals surface area contributed by atoms with Crippen LogP contribution in [0.4, 0.5) is 0 Å². The molecule has 0 aromatic heterocycles. The SMILES string of the molecule is CCCCCCCC(=O)O.[CH2-]c1ccccc1.[Li+]. The Morgan fingerprint density at radius 1 is 1.11 bits per heavy atom. The van der Waals surface area contributed by atoms with Crippen LogP contribution in [0.2, 0.25) is 0 Å². The van der Waals surface area contributed by atoms with E-state index < -0.39 is 5.97 Å². The fourth-order valence-corrected chi connectivity index (χ4v) is 1.36. The monoisotopic (exact) mass is 242 g/mol. The van der Waals surface area contributed by atoms with E-state index in [1.165, 1.54) is 19.3 Å². The Morgan fingerprint density at radius 3 is 2.06 bits per heavy atom. The molecule has 0 heterocycles. The maximum absolute atomic E-state index is 10.0. The molecule has 0 saturated carbocycles. The summed E-state index contributed by atoms with van der Waals surface area (Å²) in [6.45, 7) is 5.87. The summed E-state index contributed by atoms with van der Waals surface area (Å²) in [6, 6.07) is 9.87. The van der Waals surface area contributed by atoms with Crippen molar-refractivity contribution in [3.05, 3.63) is 42.8 Å². The van der Waals surface area contributed by atoms with Gasteiger partial charge < -0.3 is 5.11 Å². The predicted molar refractivity (Wildman–Crippen MR) is 71.9 cm³/mol. The second-order valence-corrected chi connectivity index (χ2v) is 4.04. The summed E-state index contributed by atoms with van der Waals surface area (Å²) in [6.07, 6.45) is 5.88. The summed E-state index contributed by atoms with van der Waals surface area (Å²) in [4.78, 5) is 10.0. The molecule has 1 aromatic rings. The standard InChI is InChI=1S/C8H16O2.C7H7.Li/c1-2-3-4-5-6-7-8(9)10;1-7-5-3-2-4-6-7;/h2-7H2,1H3,(H,9,10);2-6H,1H2;/q;-1;+1. The third-order valence-electron chi connectivity index (χ3n) is 2.34. The minimum atomic E-state index is -0.670. The Labute approximate surface area is 123 Å². The molecule has 18 heavy (non-hydrogen) atoms. The maximum atomic E-state index is 10.0. The number of carboxylic acids is 1. The molecule has 1 aromatic carbocycles. The first kappa shape index (κ1) is 19.5. The number of aliphatic carboxylic acids is 1. The van der Waals surface area contributed by atoms with Crippen molar-refractivity contribution in [3.63, 3.8) is 0 Å². The van der Waals surface area contributed by atoms with E-state index in [9.17, 15) is 4.79 Å². The average Bonchev–Trinajstić information content (AvgIpc) is 2.30. The fourth-order valence-electron chi connectivity index (χ4n) is 1.36. The molecule has 0 bridgehead atoms. The van der Waals surface area contributed by atoms with Crippen LogP contribution in [0.25, 0.3) is 0 Å². The van der Waals surface area contributed by atoms with E-state index in [4.69, 9.17) is 5.11 Å². The zero-order chi connectivity index (χ0) is 12.9. The molecule has 1 rings (SSSR count). The van der Waals surface area contributed by atoms with E-state index in [1.54, 1.807) is 0 Å². The van der Waals surface area contributed by atoms with Crippen molar-refractivity contribution in [3.8, 4) is 0 Å². The molecule has 2 nitrogen and oxygen atoms in total. The molecule has 0 aliphatic rings. The van der Waals surface area contributed by atoms with Crippen LogP contribution in [0.15, 0.2) is 30.3 Å². The first-order chi connectivity index (χ1) is 8.16. The summed E-state index contributed by atoms with van der Waals surface area (Å²) in [5, 5.41) is 8.27. The predicted octanol–water partition coefficient (Wildman–Crippen LogP) is 1.30. The van der Waals surface area contributed by atoms with E-state index in [0.29, 0.717) is 6.42 Å². The molecule has 0 radical (unpaired) electrons. The summed E-state index contributed by atoms with van der Waals surface area (Å²) in [5.41, 5.74) is 1.07. The maximum Gasteiger partial charge on any atom is 1.00 e. The minimum Gasteiger partial charge on any atom is -0.481 e. The molecule has 1 N–H and O–H groups in total. The van der Waals surface area contributed by atoms with Crippen LogP contribution in [0.1, 0.15) is 51.0 Å². The molecule has 3 heteroatoms. The number of benzene rings is 1. The summed E-state index contributed by atoms with van der Waals surface area (Å²) in [5.74, 6) is -0.670. The molecular formula is C15H23LiO2. The van der Waals surface area contributed by atoms with Gasteiger partial charge in [-0.05, 0) is 6.42 Å². The largest absolute Gasteiger partial charge is 1.00 e. The van der Waals surface area contributed by atoms with E-state index >= 15 is 0 Å². The van der Waals surface area contributed by atoms with Crippen molar-refractivity contribution >= 4 is 5.97 Å². The first-order valence-electron chi connectivity index (χ1n) is 6.25. The van der Waals surface area contributed by atoms with Crippen molar-refractivity contribution in [2.24, 2.45) is 0 Å². The van der Waals surface area contributed by atoms with Gasteiger partial charge in [0, 0.05) is 6.42 Å². The molecule has 0 saturated heterocycles. The Hall–Kier alpha value is -0.843. The molecule has 96 valence electrons. The Kier molecular flexibility index (Phi) is 15.4. The number of carbonyl (C=O) groups is 1. The van der Waals surface area contributed by atoms with Crippen LogP contribution in [-0.4, -0.2) is 11.1 Å². The van der Waals surface area contributed by atoms with Gasteiger partial charge in [-0.15, -0.1) is 12.1 Å². The number of carboxylic acid groups (broad SMARTS) is 1. The number of rotatable bonds is 6. The normalized spacial score (nSPS) is 8.72. The van der Waals surface area contributed by atoms with Gasteiger partial charge in [-0.25, -0.2) is 0 Å². The van der Waals surface area contributed by atoms with Crippen LogP contribution in [0.3, 0.4) is 0 Å². The van der Waals surface area contributed by atoms with E-state index in [-0.39, 0.29) is 18.9 Å². The van der Waals surface area contributed by atoms with E-state index in [0.717, 1.165) is 18.4 Å². The molecule has 0 aliphatic heterocycles. The third kappa shape index (κ3) is 15.2. The summed E-state index contributed by atoms with van der Waals surface area (Å²) < 4.78 is 0. The molecule has 0 atom stereocenters. The van der Waals surface area contributed by atoms with Gasteiger partial charge in [0.1, 0.15) is 0 Å². The Bertz CT molecular complexity index is 286. The minimum absolute atomic E-state index is 0. The van der Waals surface area contributed by atoms with Gasteiger partial charge >= 0.3 is 24.8 Å². The van der Waals surface area contributed by atoms with Crippen LogP contribution in [-0.2, 0) is 4.79 Å². The van der Waals surface area contributed by atoms with Crippen LogP contribution in [0, 0.1) is 6.92 Å². The first-order valence-corrected chi connectivity index (χ1v) is 6.25. The molecule has 0 amide bonds. The van der Waals surface area contributed by atoms with Gasteiger partial charge in [-0.3, -0.25) is 4.79 Å². The molecule has 0 aliphatic carbocycles. The number of hydrogen-bond donors (Lipinski definition) is 1. The van der Waals surface area contributed by atoms with Crippen molar-refractivity contribution in [1.29, 1.82) is 0 Å². The Morgan fingerprint density at radius 2 is 1.67 bits per heavy atom. The summed E-state index contributed by atoms with van der Waals surface area (Å²) in [7, 11) is 0. The van der Waals surface area contributed by atoms with Gasteiger partial charge in [0.05, 0.1) is 0 Å². The smallest absolute Gasteiger partial charge is 0.481 e. The molecule has 0 fully saturated rings. The number of hydrogen-bond acceptors (Lipinski definition) is 1. The molecule has 0 spiro atoms. The molecule has 0 unspecified atom stereocenters. The van der Waals surface area contributed by atoms with E-state index in [2.05, 4.69) is 13.8 Å². The van der Waals surface area contributed by atoms with Gasteiger partial charge in [0.15, 0.2) is 0 Å². The summed E-state index contributed by atoms with van der Waals surface area (Å²) >= 11 is 0. The number of unbranched alkanes of at least 4 members (excludes halogenated alkanes) is 4. The van der Waals surface area contributed by atoms with Crippen LogP contribution >= 0.6 is 0 Å². The van der Waals surface area contributed by atoms with Crippen molar-refractivity contribution in [2.45, 2.75) is 45.4 Å². The quantitative estimate of drug-likeness (QED) is 0.464. The van der Waals surface area contributed by atoms with Crippen molar-refractivity contribution in [2.75, 3.05) is 0 Å². The van der Waals surface area contributed by atoms with Crippen LogP contribution < -0.4 is 18.9 Å². The van der Waals surface area contributed by atoms with Crippen molar-refractivity contribution < 1.29 is 28.8 Å². The second kappa shape index (κ2) is 14.2. The van der Waals surface area contributed by atoms with Crippen LogP contribution in [0.5, 0.6) is 0 Å². The zero-order valence-corrected chi connectivity index (χ0v) is 11.7. The van der Waals surface area contributed by atoms with Gasteiger partial charge in [-0.2, -0.15) is 24.6 Å². The second-order valence-electron chi connectivity index (χ2n) is 4.04. The Balaban J connectivity index is 0.